The molecule has 0 aliphatic heterocycles. The number of benzene rings is 1. The third-order valence-corrected chi connectivity index (χ3v) is 5.38. The zero-order valence-electron chi connectivity index (χ0n) is 14.5. The van der Waals surface area contributed by atoms with Gasteiger partial charge in [0.1, 0.15) is 5.75 Å². The van der Waals surface area contributed by atoms with E-state index in [1.165, 1.54) is 11.8 Å². The van der Waals surface area contributed by atoms with E-state index in [1.54, 1.807) is 7.11 Å². The Balaban J connectivity index is 1.76. The van der Waals surface area contributed by atoms with Crippen LogP contribution >= 0.6 is 11.8 Å². The van der Waals surface area contributed by atoms with Gasteiger partial charge in [-0.25, -0.2) is 4.98 Å². The molecule has 1 atom stereocenters. The third kappa shape index (κ3) is 3.96. The summed E-state index contributed by atoms with van der Waals surface area (Å²) in [4.78, 5) is 17.2. The molecule has 5 nitrogen and oxygen atoms in total. The van der Waals surface area contributed by atoms with Gasteiger partial charge in [0.15, 0.2) is 5.16 Å². The minimum absolute atomic E-state index is 0.0298. The average Bonchev–Trinajstić information content (AvgIpc) is 3.03. The van der Waals surface area contributed by atoms with E-state index in [9.17, 15) is 4.79 Å². The molecule has 0 fully saturated rings. The van der Waals surface area contributed by atoms with Gasteiger partial charge in [-0.15, -0.1) is 0 Å². The van der Waals surface area contributed by atoms with Crippen molar-refractivity contribution in [1.29, 1.82) is 0 Å². The van der Waals surface area contributed by atoms with Gasteiger partial charge in [-0.2, -0.15) is 0 Å². The standard InChI is InChI=1S/C19H21N3O2S/c1-13(2)17(18(23)21-14-7-9-16(24-3)10-8-14)25-19-20-12-15-6-4-5-11-22(15)19/h4-13,17H,1-3H3,(H,21,23). The highest BCUT2D eigenvalue weighted by Gasteiger charge is 2.25. The van der Waals surface area contributed by atoms with Gasteiger partial charge in [0, 0.05) is 11.9 Å². The summed E-state index contributed by atoms with van der Waals surface area (Å²) in [5, 5.41) is 3.56. The Morgan fingerprint density at radius 3 is 2.64 bits per heavy atom. The van der Waals surface area contributed by atoms with Crippen LogP contribution in [-0.4, -0.2) is 27.7 Å². The van der Waals surface area contributed by atoms with Gasteiger partial charge in [0.25, 0.3) is 0 Å². The van der Waals surface area contributed by atoms with E-state index < -0.39 is 0 Å². The predicted octanol–water partition coefficient (Wildman–Crippen LogP) is 4.10. The Morgan fingerprint density at radius 2 is 1.96 bits per heavy atom. The van der Waals surface area contributed by atoms with Crippen molar-refractivity contribution in [1.82, 2.24) is 9.38 Å². The first-order valence-corrected chi connectivity index (χ1v) is 9.00. The van der Waals surface area contributed by atoms with Crippen molar-refractivity contribution >= 4 is 28.9 Å². The van der Waals surface area contributed by atoms with Gasteiger partial charge in [-0.05, 0) is 42.3 Å². The van der Waals surface area contributed by atoms with Gasteiger partial charge in [-0.1, -0.05) is 31.7 Å². The van der Waals surface area contributed by atoms with Crippen LogP contribution < -0.4 is 10.1 Å². The number of hydrogen-bond acceptors (Lipinski definition) is 4. The molecule has 3 rings (SSSR count). The van der Waals surface area contributed by atoms with Crippen molar-refractivity contribution in [2.24, 2.45) is 5.92 Å². The Morgan fingerprint density at radius 1 is 1.20 bits per heavy atom. The first-order chi connectivity index (χ1) is 12.1. The molecule has 2 aromatic heterocycles. The number of nitrogens with one attached hydrogen (secondary N) is 1. The van der Waals surface area contributed by atoms with E-state index in [0.29, 0.717) is 0 Å². The normalized spacial score (nSPS) is 12.3. The molecule has 0 aliphatic carbocycles. The number of ether oxygens (including phenoxy) is 1. The molecular weight excluding hydrogens is 334 g/mol. The number of methoxy groups -OCH3 is 1. The number of fused-ring (bicyclic) bond motifs is 1. The first-order valence-electron chi connectivity index (χ1n) is 8.12. The second-order valence-corrected chi connectivity index (χ2v) is 7.15. The van der Waals surface area contributed by atoms with E-state index >= 15 is 0 Å². The number of thioether (sulfide) groups is 1. The van der Waals surface area contributed by atoms with Crippen molar-refractivity contribution in [3.8, 4) is 5.75 Å². The van der Waals surface area contributed by atoms with Crippen molar-refractivity contribution in [2.75, 3.05) is 12.4 Å². The van der Waals surface area contributed by atoms with Crippen LogP contribution in [0.15, 0.2) is 60.0 Å². The van der Waals surface area contributed by atoms with Crippen LogP contribution in [0.1, 0.15) is 13.8 Å². The number of amides is 1. The van der Waals surface area contributed by atoms with Crippen LogP contribution in [0.3, 0.4) is 0 Å². The third-order valence-electron chi connectivity index (χ3n) is 3.86. The summed E-state index contributed by atoms with van der Waals surface area (Å²) >= 11 is 1.48. The van der Waals surface area contributed by atoms with Crippen LogP contribution in [0.4, 0.5) is 5.69 Å². The zero-order valence-corrected chi connectivity index (χ0v) is 15.3. The molecule has 2 heterocycles. The smallest absolute Gasteiger partial charge is 0.238 e. The second-order valence-electron chi connectivity index (χ2n) is 6.04. The number of carbonyl (C=O) groups is 1. The lowest BCUT2D eigenvalue weighted by molar-refractivity contribution is -0.116. The van der Waals surface area contributed by atoms with E-state index in [2.05, 4.69) is 10.3 Å². The number of carbonyl (C=O) groups excluding carboxylic acids is 1. The number of nitrogens with zero attached hydrogens (tertiary/aromatic N) is 2. The fourth-order valence-corrected chi connectivity index (χ4v) is 3.56. The quantitative estimate of drug-likeness (QED) is 0.677. The fourth-order valence-electron chi connectivity index (χ4n) is 2.50. The summed E-state index contributed by atoms with van der Waals surface area (Å²) in [6.45, 7) is 4.09. The number of anilines is 1. The molecule has 25 heavy (non-hydrogen) atoms. The molecule has 1 amide bonds. The monoisotopic (exact) mass is 355 g/mol. The summed E-state index contributed by atoms with van der Waals surface area (Å²) in [7, 11) is 1.62. The van der Waals surface area contributed by atoms with Crippen molar-refractivity contribution in [3.63, 3.8) is 0 Å². The Hall–Kier alpha value is -2.47. The highest BCUT2D eigenvalue weighted by molar-refractivity contribution is 8.00. The molecule has 3 aromatic rings. The average molecular weight is 355 g/mol. The maximum atomic E-state index is 12.8. The van der Waals surface area contributed by atoms with Crippen LogP contribution in [0.2, 0.25) is 0 Å². The first kappa shape index (κ1) is 17.4. The van der Waals surface area contributed by atoms with Crippen molar-refractivity contribution in [3.05, 3.63) is 54.9 Å². The molecule has 1 aromatic carbocycles. The van der Waals surface area contributed by atoms with Gasteiger partial charge >= 0.3 is 0 Å². The Bertz CT molecular complexity index is 858. The predicted molar refractivity (Wildman–Crippen MR) is 101 cm³/mol. The number of aromatic nitrogens is 2. The van der Waals surface area contributed by atoms with Gasteiger partial charge in [-0.3, -0.25) is 9.20 Å². The molecule has 0 spiro atoms. The van der Waals surface area contributed by atoms with E-state index in [4.69, 9.17) is 4.74 Å². The van der Waals surface area contributed by atoms with Gasteiger partial charge in [0.2, 0.25) is 5.91 Å². The lowest BCUT2D eigenvalue weighted by Gasteiger charge is -2.19. The maximum absolute atomic E-state index is 12.8. The molecule has 1 N–H and O–H groups in total. The number of rotatable bonds is 6. The summed E-state index contributed by atoms with van der Waals surface area (Å²) < 4.78 is 7.14. The van der Waals surface area contributed by atoms with E-state index in [1.807, 2.05) is 73.1 Å². The lowest BCUT2D eigenvalue weighted by Crippen LogP contribution is -2.29. The Kier molecular flexibility index (Phi) is 5.28. The largest absolute Gasteiger partial charge is 0.497 e. The molecule has 0 radical (unpaired) electrons. The van der Waals surface area contributed by atoms with E-state index in [-0.39, 0.29) is 17.1 Å². The Labute approximate surface area is 151 Å². The number of imidazole rings is 1. The molecule has 0 saturated carbocycles. The minimum Gasteiger partial charge on any atom is -0.497 e. The van der Waals surface area contributed by atoms with Crippen LogP contribution in [-0.2, 0) is 4.79 Å². The van der Waals surface area contributed by atoms with Crippen LogP contribution in [0.25, 0.3) is 5.52 Å². The highest BCUT2D eigenvalue weighted by Crippen LogP contribution is 2.29. The van der Waals surface area contributed by atoms with Gasteiger partial charge < -0.3 is 10.1 Å². The summed E-state index contributed by atoms with van der Waals surface area (Å²) in [6, 6.07) is 13.3. The molecular formula is C19H21N3O2S. The van der Waals surface area contributed by atoms with Gasteiger partial charge in [0.05, 0.1) is 24.1 Å². The topological polar surface area (TPSA) is 55.6 Å². The minimum atomic E-state index is -0.243. The van der Waals surface area contributed by atoms with Crippen molar-refractivity contribution in [2.45, 2.75) is 24.3 Å². The van der Waals surface area contributed by atoms with E-state index in [0.717, 1.165) is 22.1 Å². The SMILES string of the molecule is COc1ccc(NC(=O)C(Sc2ncc3ccccn23)C(C)C)cc1. The molecule has 1 unspecified atom stereocenters. The highest BCUT2D eigenvalue weighted by atomic mass is 32.2. The molecule has 130 valence electrons. The maximum Gasteiger partial charge on any atom is 0.238 e. The summed E-state index contributed by atoms with van der Waals surface area (Å²) in [5.41, 5.74) is 1.77. The summed E-state index contributed by atoms with van der Waals surface area (Å²) in [6.07, 6.45) is 3.78. The number of hydrogen-bond donors (Lipinski definition) is 1. The summed E-state index contributed by atoms with van der Waals surface area (Å²) in [5.74, 6) is 0.897. The lowest BCUT2D eigenvalue weighted by atomic mass is 10.1. The molecule has 0 bridgehead atoms. The zero-order chi connectivity index (χ0) is 17.8. The van der Waals surface area contributed by atoms with Crippen molar-refractivity contribution < 1.29 is 9.53 Å². The number of pyridine rings is 1. The molecule has 6 heteroatoms. The molecule has 0 aliphatic rings. The van der Waals surface area contributed by atoms with Crippen LogP contribution in [0.5, 0.6) is 5.75 Å². The second kappa shape index (κ2) is 7.61. The fraction of sp³-hybridized carbons (Fsp3) is 0.263. The molecule has 0 saturated heterocycles. The van der Waals surface area contributed by atoms with Crippen LogP contribution in [0, 0.1) is 5.92 Å².